The zero-order valence-corrected chi connectivity index (χ0v) is 25.9. The Bertz CT molecular complexity index is 2230. The van der Waals surface area contributed by atoms with Gasteiger partial charge in [0.1, 0.15) is 12.3 Å². The van der Waals surface area contributed by atoms with Crippen LogP contribution in [0.1, 0.15) is 26.3 Å². The highest BCUT2D eigenvalue weighted by Crippen LogP contribution is 2.26. The first-order chi connectivity index (χ1) is 21.9. The second-order valence-corrected chi connectivity index (χ2v) is 11.4. The van der Waals surface area contributed by atoms with Gasteiger partial charge in [-0.25, -0.2) is 0 Å². The van der Waals surface area contributed by atoms with E-state index in [1.165, 1.54) is 0 Å². The van der Waals surface area contributed by atoms with Crippen LogP contribution in [-0.2, 0) is 0 Å². The van der Waals surface area contributed by atoms with E-state index in [1.807, 2.05) is 121 Å². The number of hydrogen-bond donors (Lipinski definition) is 1. The van der Waals surface area contributed by atoms with E-state index in [4.69, 9.17) is 34.8 Å². The summed E-state index contributed by atoms with van der Waals surface area (Å²) in [5, 5.41) is 8.92. The molecule has 1 N–H and O–H groups in total. The van der Waals surface area contributed by atoms with Crippen LogP contribution in [0.4, 0.5) is 5.69 Å². The molecule has 7 heteroatoms. The van der Waals surface area contributed by atoms with Gasteiger partial charge in [-0.05, 0) is 75.6 Å². The van der Waals surface area contributed by atoms with Gasteiger partial charge in [0.05, 0.1) is 10.5 Å². The topological polar surface area (TPSA) is 51.1 Å². The number of benzene rings is 6. The number of nitrogens with zero attached hydrogens (tertiary/aromatic N) is 1. The Balaban J connectivity index is 0.000000131. The molecule has 0 saturated carbocycles. The highest BCUT2D eigenvalue weighted by atomic mass is 35.5. The van der Waals surface area contributed by atoms with Crippen molar-refractivity contribution in [3.05, 3.63) is 167 Å². The van der Waals surface area contributed by atoms with Crippen LogP contribution in [0.5, 0.6) is 0 Å². The van der Waals surface area contributed by atoms with E-state index in [2.05, 4.69) is 11.5 Å². The highest BCUT2D eigenvalue weighted by molar-refractivity contribution is 6.68. The van der Waals surface area contributed by atoms with Gasteiger partial charge in [0.15, 0.2) is 11.3 Å². The maximum absolute atomic E-state index is 13.0. The number of fused-ring (bicyclic) bond motifs is 4. The van der Waals surface area contributed by atoms with E-state index < -0.39 is 5.24 Å². The number of carbonyl (C=O) groups is 2. The number of aromatic nitrogens is 1. The summed E-state index contributed by atoms with van der Waals surface area (Å²) in [7, 11) is 0. The van der Waals surface area contributed by atoms with Gasteiger partial charge in [-0.3, -0.25) is 14.2 Å². The lowest BCUT2D eigenvalue weighted by Gasteiger charge is -2.08. The summed E-state index contributed by atoms with van der Waals surface area (Å²) in [5.74, 6) is -0.0332. The van der Waals surface area contributed by atoms with Crippen molar-refractivity contribution in [3.63, 3.8) is 0 Å². The standard InChI is InChI=1S/C19H12ClNO.C11H7ClO.C8H5ClN/c20-15-8-9-18-14(12-15)10-11-21(18)19(22)17-7-3-5-13-4-1-2-6-16(13)17;12-11(13)10-7-3-5-8-4-1-2-6-9(8)10;9-7-1-2-8-6(5-7)3-4-10-8/h1-12H;1-7H;1-3,5,10H/q;;+1. The monoisotopic (exact) mass is 645 g/mol. The van der Waals surface area contributed by atoms with E-state index in [0.29, 0.717) is 16.1 Å². The minimum Gasteiger partial charge on any atom is -0.283 e. The van der Waals surface area contributed by atoms with Gasteiger partial charge in [0.2, 0.25) is 0 Å². The molecule has 0 aliphatic carbocycles. The first-order valence-electron chi connectivity index (χ1n) is 14.0. The van der Waals surface area contributed by atoms with Gasteiger partial charge in [-0.1, -0.05) is 96.0 Å². The van der Waals surface area contributed by atoms with Crippen molar-refractivity contribution in [2.45, 2.75) is 0 Å². The largest absolute Gasteiger partial charge is 0.283 e. The molecule has 0 radical (unpaired) electrons. The number of halogens is 3. The van der Waals surface area contributed by atoms with Crippen LogP contribution < -0.4 is 5.32 Å². The summed E-state index contributed by atoms with van der Waals surface area (Å²) in [6.07, 6.45) is 6.55. The number of carbonyl (C=O) groups excluding carboxylic acids is 2. The molecule has 45 heavy (non-hydrogen) atoms. The van der Waals surface area contributed by atoms with Crippen molar-refractivity contribution >= 4 is 90.2 Å². The van der Waals surface area contributed by atoms with E-state index >= 15 is 0 Å². The fourth-order valence-corrected chi connectivity index (χ4v) is 5.71. The highest BCUT2D eigenvalue weighted by Gasteiger charge is 2.16. The Labute approximate surface area is 275 Å². The third kappa shape index (κ3) is 6.61. The minimum absolute atomic E-state index is 0.0332. The molecule has 0 saturated heterocycles. The van der Waals surface area contributed by atoms with Gasteiger partial charge in [0, 0.05) is 39.9 Å². The molecule has 0 spiro atoms. The van der Waals surface area contributed by atoms with Crippen LogP contribution in [-0.4, -0.2) is 15.7 Å². The molecule has 2 heterocycles. The number of rotatable bonds is 2. The number of hydrogen-bond acceptors (Lipinski definition) is 3. The molecule has 1 aliphatic heterocycles. The number of anilines is 1. The van der Waals surface area contributed by atoms with Crippen LogP contribution in [0.3, 0.4) is 0 Å². The van der Waals surface area contributed by atoms with Gasteiger partial charge in [0.25, 0.3) is 11.1 Å². The Morgan fingerprint density at radius 1 is 0.622 bits per heavy atom. The first-order valence-corrected chi connectivity index (χ1v) is 15.1. The third-order valence-electron chi connectivity index (χ3n) is 7.34. The third-order valence-corrected chi connectivity index (χ3v) is 8.01. The number of nitrogens with one attached hydrogen (secondary N) is 1. The lowest BCUT2D eigenvalue weighted by molar-refractivity contribution is 0.0966. The van der Waals surface area contributed by atoms with Crippen LogP contribution in [0.25, 0.3) is 38.5 Å². The summed E-state index contributed by atoms with van der Waals surface area (Å²) in [6.45, 7) is 0. The van der Waals surface area contributed by atoms with Crippen LogP contribution >= 0.6 is 34.8 Å². The molecular weight excluding hydrogens is 623 g/mol. The summed E-state index contributed by atoms with van der Waals surface area (Å²) >= 11 is 17.2. The zero-order valence-electron chi connectivity index (χ0n) is 23.7. The molecule has 1 aromatic heterocycles. The average Bonchev–Trinajstić information content (AvgIpc) is 3.71. The fourth-order valence-electron chi connectivity index (χ4n) is 5.19. The van der Waals surface area contributed by atoms with Crippen LogP contribution in [0.2, 0.25) is 10.0 Å². The molecule has 0 bridgehead atoms. The summed E-state index contributed by atoms with van der Waals surface area (Å²) in [4.78, 5) is 24.0. The summed E-state index contributed by atoms with van der Waals surface area (Å²) in [5.41, 5.74) is 4.31. The van der Waals surface area contributed by atoms with Crippen molar-refractivity contribution in [1.82, 2.24) is 4.57 Å². The van der Waals surface area contributed by atoms with E-state index in [9.17, 15) is 9.59 Å². The normalized spacial score (nSPS) is 11.1. The smallest absolute Gasteiger partial charge is 0.262 e. The minimum atomic E-state index is -0.406. The molecule has 0 amide bonds. The lowest BCUT2D eigenvalue weighted by Crippen LogP contribution is -2.11. The molecule has 0 fully saturated rings. The van der Waals surface area contributed by atoms with Gasteiger partial charge < -0.3 is 0 Å². The van der Waals surface area contributed by atoms with Crippen molar-refractivity contribution in [3.8, 4) is 0 Å². The SMILES string of the molecule is Clc1ccc2c(c1)C=[C+]N2.O=C(Cl)c1cccc2ccccc12.O=C(c1cccc2ccccc12)n1ccc2cc(Cl)ccc21. The van der Waals surface area contributed by atoms with Gasteiger partial charge in [-0.2, -0.15) is 5.32 Å². The summed E-state index contributed by atoms with van der Waals surface area (Å²) < 4.78 is 1.67. The zero-order chi connectivity index (χ0) is 31.3. The van der Waals surface area contributed by atoms with Crippen molar-refractivity contribution in [1.29, 1.82) is 0 Å². The molecule has 7 aromatic rings. The first kappa shape index (κ1) is 30.1. The van der Waals surface area contributed by atoms with Crippen LogP contribution in [0, 0.1) is 6.20 Å². The molecule has 8 rings (SSSR count). The Morgan fingerprint density at radius 3 is 1.93 bits per heavy atom. The fraction of sp³-hybridized carbons (Fsp3) is 0. The molecular formula is C38H24Cl3N2O2+. The van der Waals surface area contributed by atoms with Crippen molar-refractivity contribution in [2.24, 2.45) is 0 Å². The van der Waals surface area contributed by atoms with Crippen molar-refractivity contribution < 1.29 is 9.59 Å². The van der Waals surface area contributed by atoms with E-state index in [1.54, 1.807) is 22.9 Å². The molecule has 6 aromatic carbocycles. The quantitative estimate of drug-likeness (QED) is 0.150. The predicted octanol–water partition coefficient (Wildman–Crippen LogP) is 10.9. The molecule has 218 valence electrons. The Hall–Kier alpha value is -4.96. The average molecular weight is 647 g/mol. The predicted molar refractivity (Wildman–Crippen MR) is 188 cm³/mol. The molecule has 0 atom stereocenters. The van der Waals surface area contributed by atoms with Gasteiger partial charge in [-0.15, -0.1) is 0 Å². The lowest BCUT2D eigenvalue weighted by atomic mass is 10.0. The maximum atomic E-state index is 13.0. The summed E-state index contributed by atoms with van der Waals surface area (Å²) in [6, 6.07) is 40.1. The van der Waals surface area contributed by atoms with E-state index in [0.717, 1.165) is 48.7 Å². The Morgan fingerprint density at radius 2 is 1.22 bits per heavy atom. The van der Waals surface area contributed by atoms with Crippen molar-refractivity contribution in [2.75, 3.05) is 5.32 Å². The van der Waals surface area contributed by atoms with Gasteiger partial charge >= 0.3 is 0 Å². The molecule has 0 unspecified atom stereocenters. The second kappa shape index (κ2) is 13.4. The van der Waals surface area contributed by atoms with Crippen LogP contribution in [0.15, 0.2) is 134 Å². The molecule has 1 aliphatic rings. The van der Waals surface area contributed by atoms with E-state index in [-0.39, 0.29) is 5.91 Å². The maximum Gasteiger partial charge on any atom is 0.262 e. The second-order valence-electron chi connectivity index (χ2n) is 10.2. The molecule has 4 nitrogen and oxygen atoms in total. The Kier molecular flexibility index (Phi) is 8.93.